The summed E-state index contributed by atoms with van der Waals surface area (Å²) in [5, 5.41) is 4.18. The van der Waals surface area contributed by atoms with Gasteiger partial charge in [0.05, 0.1) is 5.71 Å². The largest absolute Gasteiger partial charge is 0.383 e. The Bertz CT molecular complexity index is 297. The predicted molar refractivity (Wildman–Crippen MR) is 60.6 cm³/mol. The monoisotopic (exact) mass is 206 g/mol. The van der Waals surface area contributed by atoms with Crippen LogP contribution in [0.25, 0.3) is 0 Å². The lowest BCUT2D eigenvalue weighted by Gasteiger charge is -2.31. The average molecular weight is 206 g/mol. The maximum absolute atomic E-state index is 5.17. The van der Waals surface area contributed by atoms with Crippen LogP contribution in [0.2, 0.25) is 0 Å². The van der Waals surface area contributed by atoms with E-state index in [2.05, 4.69) is 28.9 Å². The van der Waals surface area contributed by atoms with Gasteiger partial charge in [-0.3, -0.25) is 4.90 Å². The van der Waals surface area contributed by atoms with Crippen molar-refractivity contribution in [2.24, 2.45) is 5.16 Å². The lowest BCUT2D eigenvalue weighted by atomic mass is 10.0. The molecule has 2 rings (SSSR count). The van der Waals surface area contributed by atoms with E-state index in [0.29, 0.717) is 18.7 Å². The Kier molecular flexibility index (Phi) is 3.27. The van der Waals surface area contributed by atoms with Crippen LogP contribution in [0.15, 0.2) is 5.16 Å². The zero-order valence-electron chi connectivity index (χ0n) is 9.49. The number of rotatable bonds is 2. The summed E-state index contributed by atoms with van der Waals surface area (Å²) in [6.45, 7) is 2.23. The highest BCUT2D eigenvalue weighted by Gasteiger charge is 2.36. The Labute approximate surface area is 91.5 Å². The van der Waals surface area contributed by atoms with Crippen LogP contribution in [-0.4, -0.2) is 36.3 Å². The molecule has 2 aliphatic rings. The number of fused-ring (bicyclic) bond motifs is 2. The Morgan fingerprint density at radius 1 is 1.40 bits per heavy atom. The molecule has 0 radical (unpaired) electrons. The average Bonchev–Trinajstić information content (AvgIpc) is 2.50. The third-order valence-corrected chi connectivity index (χ3v) is 3.43. The number of piperidine rings is 1. The molecule has 0 amide bonds. The van der Waals surface area contributed by atoms with E-state index in [9.17, 15) is 0 Å². The lowest BCUT2D eigenvalue weighted by Crippen LogP contribution is -2.40. The van der Waals surface area contributed by atoms with E-state index >= 15 is 0 Å². The van der Waals surface area contributed by atoms with E-state index in [1.807, 2.05) is 6.92 Å². The standard InChI is InChI=1S/C12H18N2O/c1-3-4-7-15-13-10-8-11-5-6-12(9-10)14(11)2/h11-12H,5-9H2,1-2H3/t11-,12+. The zero-order valence-corrected chi connectivity index (χ0v) is 9.49. The summed E-state index contributed by atoms with van der Waals surface area (Å²) in [6, 6.07) is 1.40. The normalized spacial score (nSPS) is 32.5. The van der Waals surface area contributed by atoms with Crippen molar-refractivity contribution in [1.82, 2.24) is 4.90 Å². The molecule has 2 fully saturated rings. The molecule has 0 aromatic rings. The molecule has 2 heterocycles. The van der Waals surface area contributed by atoms with Gasteiger partial charge in [0.15, 0.2) is 6.61 Å². The summed E-state index contributed by atoms with van der Waals surface area (Å²) in [6.07, 6.45) is 4.78. The molecule has 3 nitrogen and oxygen atoms in total. The number of hydrogen-bond donors (Lipinski definition) is 0. The molecule has 2 aliphatic heterocycles. The van der Waals surface area contributed by atoms with Crippen LogP contribution in [0.1, 0.15) is 32.6 Å². The SMILES string of the molecule is CC#CCON=C1C[C@H]2CC[C@@H](C1)N2C. The van der Waals surface area contributed by atoms with Gasteiger partial charge in [0, 0.05) is 24.9 Å². The molecule has 15 heavy (non-hydrogen) atoms. The van der Waals surface area contributed by atoms with Crippen molar-refractivity contribution in [1.29, 1.82) is 0 Å². The van der Waals surface area contributed by atoms with E-state index in [-0.39, 0.29) is 0 Å². The second-order valence-electron chi connectivity index (χ2n) is 4.32. The Hall–Kier alpha value is -1.01. The van der Waals surface area contributed by atoms with Gasteiger partial charge in [0.2, 0.25) is 0 Å². The van der Waals surface area contributed by atoms with Crippen LogP contribution in [0, 0.1) is 11.8 Å². The first-order valence-corrected chi connectivity index (χ1v) is 5.60. The van der Waals surface area contributed by atoms with Crippen LogP contribution < -0.4 is 0 Å². The molecule has 0 aromatic heterocycles. The second-order valence-corrected chi connectivity index (χ2v) is 4.32. The van der Waals surface area contributed by atoms with Crippen LogP contribution in [0.4, 0.5) is 0 Å². The topological polar surface area (TPSA) is 24.8 Å². The van der Waals surface area contributed by atoms with Crippen molar-refractivity contribution in [3.8, 4) is 11.8 Å². The maximum Gasteiger partial charge on any atom is 0.177 e. The van der Waals surface area contributed by atoms with Crippen molar-refractivity contribution < 1.29 is 4.84 Å². The van der Waals surface area contributed by atoms with Crippen molar-refractivity contribution in [3.63, 3.8) is 0 Å². The maximum atomic E-state index is 5.17. The molecule has 0 saturated carbocycles. The van der Waals surface area contributed by atoms with Gasteiger partial charge in [-0.05, 0) is 26.8 Å². The molecule has 0 spiro atoms. The molecule has 0 aliphatic carbocycles. The Balaban J connectivity index is 1.87. The highest BCUT2D eigenvalue weighted by atomic mass is 16.6. The van der Waals surface area contributed by atoms with Crippen molar-refractivity contribution in [3.05, 3.63) is 0 Å². The van der Waals surface area contributed by atoms with Crippen LogP contribution in [0.5, 0.6) is 0 Å². The van der Waals surface area contributed by atoms with Gasteiger partial charge >= 0.3 is 0 Å². The third-order valence-electron chi connectivity index (χ3n) is 3.43. The summed E-state index contributed by atoms with van der Waals surface area (Å²) in [5.74, 6) is 5.63. The van der Waals surface area contributed by atoms with E-state index in [1.54, 1.807) is 0 Å². The van der Waals surface area contributed by atoms with E-state index in [0.717, 1.165) is 12.8 Å². The summed E-state index contributed by atoms with van der Waals surface area (Å²) in [7, 11) is 2.22. The minimum absolute atomic E-state index is 0.422. The molecule has 82 valence electrons. The molecule has 0 N–H and O–H groups in total. The van der Waals surface area contributed by atoms with E-state index < -0.39 is 0 Å². The van der Waals surface area contributed by atoms with Gasteiger partial charge in [-0.2, -0.15) is 0 Å². The molecule has 0 unspecified atom stereocenters. The molecule has 2 atom stereocenters. The van der Waals surface area contributed by atoms with Gasteiger partial charge in [0.25, 0.3) is 0 Å². The van der Waals surface area contributed by atoms with Crippen molar-refractivity contribution in [2.45, 2.75) is 44.7 Å². The summed E-state index contributed by atoms with van der Waals surface area (Å²) >= 11 is 0. The number of oxime groups is 1. The van der Waals surface area contributed by atoms with Crippen molar-refractivity contribution in [2.75, 3.05) is 13.7 Å². The molecular formula is C12H18N2O. The zero-order chi connectivity index (χ0) is 10.7. The van der Waals surface area contributed by atoms with Gasteiger partial charge in [-0.1, -0.05) is 11.1 Å². The second kappa shape index (κ2) is 4.67. The fourth-order valence-corrected chi connectivity index (χ4v) is 2.51. The van der Waals surface area contributed by atoms with E-state index in [4.69, 9.17) is 4.84 Å². The number of hydrogen-bond acceptors (Lipinski definition) is 3. The third kappa shape index (κ3) is 2.32. The predicted octanol–water partition coefficient (Wildman–Crippen LogP) is 1.64. The fourth-order valence-electron chi connectivity index (χ4n) is 2.51. The molecular weight excluding hydrogens is 188 g/mol. The van der Waals surface area contributed by atoms with Crippen LogP contribution in [0.3, 0.4) is 0 Å². The first kappa shape index (κ1) is 10.5. The highest BCUT2D eigenvalue weighted by molar-refractivity contribution is 5.86. The minimum atomic E-state index is 0.422. The van der Waals surface area contributed by atoms with Crippen LogP contribution in [-0.2, 0) is 4.84 Å². The molecule has 2 saturated heterocycles. The van der Waals surface area contributed by atoms with Crippen LogP contribution >= 0.6 is 0 Å². The minimum Gasteiger partial charge on any atom is -0.383 e. The summed E-state index contributed by atoms with van der Waals surface area (Å²) in [5.41, 5.74) is 1.22. The van der Waals surface area contributed by atoms with Crippen molar-refractivity contribution >= 4 is 5.71 Å². The fraction of sp³-hybridized carbons (Fsp3) is 0.750. The Morgan fingerprint density at radius 3 is 2.67 bits per heavy atom. The molecule has 2 bridgehead atoms. The summed E-state index contributed by atoms with van der Waals surface area (Å²) in [4.78, 5) is 7.66. The summed E-state index contributed by atoms with van der Waals surface area (Å²) < 4.78 is 0. The highest BCUT2D eigenvalue weighted by Crippen LogP contribution is 2.32. The van der Waals surface area contributed by atoms with Gasteiger partial charge in [0.1, 0.15) is 0 Å². The van der Waals surface area contributed by atoms with Gasteiger partial charge in [-0.15, -0.1) is 5.92 Å². The molecule has 0 aromatic carbocycles. The first-order valence-electron chi connectivity index (χ1n) is 5.60. The quantitative estimate of drug-likeness (QED) is 0.390. The first-order chi connectivity index (χ1) is 7.31. The molecule has 3 heteroatoms. The smallest absolute Gasteiger partial charge is 0.177 e. The Morgan fingerprint density at radius 2 is 2.07 bits per heavy atom. The lowest BCUT2D eigenvalue weighted by molar-refractivity contribution is 0.169. The van der Waals surface area contributed by atoms with Gasteiger partial charge in [-0.25, -0.2) is 0 Å². The van der Waals surface area contributed by atoms with E-state index in [1.165, 1.54) is 18.6 Å². The number of nitrogens with zero attached hydrogens (tertiary/aromatic N) is 2. The van der Waals surface area contributed by atoms with Gasteiger partial charge < -0.3 is 4.84 Å².